The molecule has 0 saturated carbocycles. The van der Waals surface area contributed by atoms with Gasteiger partial charge in [-0.1, -0.05) is 32.9 Å². The fourth-order valence-corrected chi connectivity index (χ4v) is 6.89. The number of alkyl carbamates (subject to hydrolysis) is 1. The number of ether oxygens (including phenoxy) is 2. The van der Waals surface area contributed by atoms with Crippen molar-refractivity contribution in [3.63, 3.8) is 0 Å². The molecule has 1 unspecified atom stereocenters. The van der Waals surface area contributed by atoms with Gasteiger partial charge in [0.25, 0.3) is 11.5 Å². The number of carbonyl (C=O) groups is 2. The van der Waals surface area contributed by atoms with E-state index in [0.717, 1.165) is 30.0 Å². The van der Waals surface area contributed by atoms with Crippen molar-refractivity contribution in [2.24, 2.45) is 0 Å². The van der Waals surface area contributed by atoms with Crippen molar-refractivity contribution in [3.05, 3.63) is 86.5 Å². The monoisotopic (exact) mass is 769 g/mol. The van der Waals surface area contributed by atoms with E-state index in [1.54, 1.807) is 31.4 Å². The first kappa shape index (κ1) is 39.0. The number of pyridine rings is 1. The van der Waals surface area contributed by atoms with Gasteiger partial charge in [0.1, 0.15) is 23.3 Å². The fraction of sp³-hybridized carbons (Fsp3) is 0.421. The first-order valence-electron chi connectivity index (χ1n) is 18.1. The van der Waals surface area contributed by atoms with Crippen LogP contribution in [-0.4, -0.2) is 105 Å². The molecule has 1 fully saturated rings. The summed E-state index contributed by atoms with van der Waals surface area (Å²) in [6.45, 7) is 8.82. The highest BCUT2D eigenvalue weighted by molar-refractivity contribution is 7.14. The molecule has 55 heavy (non-hydrogen) atoms. The summed E-state index contributed by atoms with van der Waals surface area (Å²) in [5.41, 5.74) is 2.21. The molecule has 1 aliphatic heterocycles. The Balaban J connectivity index is 1.27. The maximum absolute atomic E-state index is 14.2. The first-order valence-corrected chi connectivity index (χ1v) is 19.0. The quantitative estimate of drug-likeness (QED) is 0.160. The molecular weight excluding hydrogens is 723 g/mol. The molecular formula is C38H47N11O5S. The Morgan fingerprint density at radius 1 is 1.11 bits per heavy atom. The van der Waals surface area contributed by atoms with Crippen molar-refractivity contribution in [2.75, 3.05) is 57.6 Å². The zero-order chi connectivity index (χ0) is 39.1. The van der Waals surface area contributed by atoms with E-state index in [9.17, 15) is 14.4 Å². The second-order valence-electron chi connectivity index (χ2n) is 14.6. The van der Waals surface area contributed by atoms with Gasteiger partial charge in [0, 0.05) is 35.6 Å². The molecule has 1 atom stereocenters. The van der Waals surface area contributed by atoms with Gasteiger partial charge in [0.2, 0.25) is 0 Å². The van der Waals surface area contributed by atoms with Gasteiger partial charge in [-0.25, -0.2) is 14.8 Å². The summed E-state index contributed by atoms with van der Waals surface area (Å²) in [6, 6.07) is 10.7. The summed E-state index contributed by atoms with van der Waals surface area (Å²) in [6.07, 6.45) is 6.05. The molecule has 4 aromatic heterocycles. The van der Waals surface area contributed by atoms with Gasteiger partial charge in [-0.05, 0) is 87.1 Å². The summed E-state index contributed by atoms with van der Waals surface area (Å²) in [4.78, 5) is 55.2. The van der Waals surface area contributed by atoms with E-state index < -0.39 is 12.2 Å². The lowest BCUT2D eigenvalue weighted by Crippen LogP contribution is -2.43. The average molecular weight is 770 g/mol. The van der Waals surface area contributed by atoms with Crippen LogP contribution in [0.1, 0.15) is 73.0 Å². The third kappa shape index (κ3) is 10.1. The number of fused-ring (bicyclic) bond motifs is 1. The van der Waals surface area contributed by atoms with Crippen molar-refractivity contribution >= 4 is 52.1 Å². The minimum absolute atomic E-state index is 0.159. The van der Waals surface area contributed by atoms with E-state index in [-0.39, 0.29) is 28.1 Å². The number of hydrogen-bond donors (Lipinski definition) is 2. The second-order valence-corrected chi connectivity index (χ2v) is 15.5. The second kappa shape index (κ2) is 17.2. The topological polar surface area (TPSA) is 174 Å². The van der Waals surface area contributed by atoms with Crippen LogP contribution in [-0.2, 0) is 16.7 Å². The number of aromatic nitrogens is 7. The minimum atomic E-state index is -0.480. The van der Waals surface area contributed by atoms with Gasteiger partial charge in [-0.3, -0.25) is 19.3 Å². The fourth-order valence-electron chi connectivity index (χ4n) is 5.96. The van der Waals surface area contributed by atoms with Crippen molar-refractivity contribution in [1.29, 1.82) is 0 Å². The van der Waals surface area contributed by atoms with Crippen LogP contribution >= 0.6 is 11.3 Å². The predicted octanol–water partition coefficient (Wildman–Crippen LogP) is 4.56. The van der Waals surface area contributed by atoms with Gasteiger partial charge in [0.15, 0.2) is 11.0 Å². The van der Waals surface area contributed by atoms with Crippen LogP contribution in [0.3, 0.4) is 0 Å². The molecule has 290 valence electrons. The molecule has 1 saturated heterocycles. The highest BCUT2D eigenvalue weighted by atomic mass is 32.1. The Morgan fingerprint density at radius 2 is 1.91 bits per heavy atom. The zero-order valence-corrected chi connectivity index (χ0v) is 32.8. The molecule has 5 aromatic rings. The highest BCUT2D eigenvalue weighted by Gasteiger charge is 2.27. The maximum atomic E-state index is 14.2. The number of amides is 2. The third-order valence-electron chi connectivity index (χ3n) is 8.95. The number of tetrazole rings is 1. The molecule has 2 N–H and O–H groups in total. The Labute approximate surface area is 323 Å². The van der Waals surface area contributed by atoms with Crippen LogP contribution < -0.4 is 25.8 Å². The van der Waals surface area contributed by atoms with Crippen LogP contribution in [0, 0.1) is 0 Å². The molecule has 1 aromatic carbocycles. The lowest BCUT2D eigenvalue weighted by molar-refractivity contribution is 0.0880. The Hall–Kier alpha value is -5.68. The van der Waals surface area contributed by atoms with Gasteiger partial charge in [-0.2, -0.15) is 4.80 Å². The molecule has 16 nitrogen and oxygen atoms in total. The van der Waals surface area contributed by atoms with Gasteiger partial charge >= 0.3 is 6.09 Å². The largest absolute Gasteiger partial charge is 0.497 e. The van der Waals surface area contributed by atoms with Crippen molar-refractivity contribution in [1.82, 2.24) is 44.8 Å². The molecule has 1 aliphatic rings. The molecule has 17 heteroatoms. The molecule has 6 rings (SSSR count). The molecule has 0 radical (unpaired) electrons. The smallest absolute Gasteiger partial charge is 0.407 e. The zero-order valence-electron chi connectivity index (χ0n) is 32.0. The summed E-state index contributed by atoms with van der Waals surface area (Å²) in [5.74, 6) is 1.07. The summed E-state index contributed by atoms with van der Waals surface area (Å²) in [7, 11) is 5.58. The predicted molar refractivity (Wildman–Crippen MR) is 212 cm³/mol. The Kier molecular flexibility index (Phi) is 12.2. The van der Waals surface area contributed by atoms with Crippen LogP contribution in [0.2, 0.25) is 0 Å². The number of anilines is 2. The van der Waals surface area contributed by atoms with Gasteiger partial charge < -0.3 is 24.6 Å². The van der Waals surface area contributed by atoms with E-state index in [1.165, 1.54) is 26.7 Å². The Bertz CT molecular complexity index is 2200. The van der Waals surface area contributed by atoms with Crippen LogP contribution in [0.25, 0.3) is 17.8 Å². The third-order valence-corrected chi connectivity index (χ3v) is 9.71. The molecule has 0 aliphatic carbocycles. The van der Waals surface area contributed by atoms with Crippen molar-refractivity contribution < 1.29 is 19.1 Å². The van der Waals surface area contributed by atoms with E-state index in [0.29, 0.717) is 61.4 Å². The van der Waals surface area contributed by atoms with Crippen molar-refractivity contribution in [2.45, 2.75) is 58.1 Å². The highest BCUT2D eigenvalue weighted by Crippen LogP contribution is 2.27. The number of carbonyl (C=O) groups excluding carboxylic acids is 2. The van der Waals surface area contributed by atoms with Gasteiger partial charge in [-0.15, -0.1) is 21.5 Å². The normalized spacial score (nSPS) is 14.8. The number of benzene rings is 1. The molecule has 5 heterocycles. The first-order chi connectivity index (χ1) is 26.4. The number of nitrogens with zero attached hydrogens (tertiary/aromatic N) is 9. The average Bonchev–Trinajstić information content (AvgIpc) is 3.83. The molecule has 0 spiro atoms. The number of rotatable bonds is 13. The number of piperidine rings is 1. The van der Waals surface area contributed by atoms with E-state index in [4.69, 9.17) is 14.5 Å². The van der Waals surface area contributed by atoms with Crippen LogP contribution in [0.15, 0.2) is 52.8 Å². The molecule has 2 amide bonds. The standard InChI is InChI=1S/C38H47N11O5S/c1-38(2,3)30-24-55-36(40-30)42-34(50)26-16-20-48-32(21-26)41-33(47-19-7-9-28(23-47)54-37(52)39-17-8-18-46(4)5)29(35(48)51)14-15-31-43-45-49(44-31)22-25-10-12-27(53-6)13-11-25/h10-16,20-21,24,28H,7-9,17-19,22-23H2,1-6H3,(H,39,52)(H,40,42,50). The summed E-state index contributed by atoms with van der Waals surface area (Å²) in [5, 5.41) is 21.0. The van der Waals surface area contributed by atoms with Crippen molar-refractivity contribution in [3.8, 4) is 5.75 Å². The maximum Gasteiger partial charge on any atom is 0.407 e. The summed E-state index contributed by atoms with van der Waals surface area (Å²) >= 11 is 1.35. The number of methoxy groups -OCH3 is 1. The lowest BCUT2D eigenvalue weighted by Gasteiger charge is -2.34. The van der Waals surface area contributed by atoms with Gasteiger partial charge in [0.05, 0.1) is 31.5 Å². The van der Waals surface area contributed by atoms with Crippen LogP contribution in [0.4, 0.5) is 15.7 Å². The van der Waals surface area contributed by atoms with Crippen LogP contribution in [0.5, 0.6) is 5.75 Å². The lowest BCUT2D eigenvalue weighted by atomic mass is 9.93. The molecule has 0 bridgehead atoms. The number of hydrogen-bond acceptors (Lipinski definition) is 13. The Morgan fingerprint density at radius 3 is 2.64 bits per heavy atom. The minimum Gasteiger partial charge on any atom is -0.497 e. The van der Waals surface area contributed by atoms with E-state index in [1.807, 2.05) is 48.6 Å². The van der Waals surface area contributed by atoms with E-state index >= 15 is 0 Å². The number of nitrogens with one attached hydrogen (secondary N) is 2. The SMILES string of the molecule is COc1ccc(Cn2nnc(C=Cc3c(N4CCCC(OC(=O)NCCCN(C)C)C4)nc4cc(C(=O)Nc5nc(C(C)(C)C)cs5)ccn4c3=O)n2)cc1. The number of thiazole rings is 1. The summed E-state index contributed by atoms with van der Waals surface area (Å²) < 4.78 is 12.4. The van der Waals surface area contributed by atoms with E-state index in [2.05, 4.69) is 56.7 Å².